The Labute approximate surface area is 68.8 Å². The topological polar surface area (TPSA) is 32.3 Å². The highest BCUT2D eigenvalue weighted by Crippen LogP contribution is 1.93. The number of hydrogen-bond acceptors (Lipinski definition) is 2. The van der Waals surface area contributed by atoms with Crippen LogP contribution >= 0.6 is 0 Å². The number of amides is 1. The number of nitrogens with one attached hydrogen (secondary N) is 1. The normalized spacial score (nSPS) is 12.7. The zero-order valence-corrected chi connectivity index (χ0v) is 7.85. The molecule has 0 spiro atoms. The van der Waals surface area contributed by atoms with Gasteiger partial charge < -0.3 is 10.2 Å². The van der Waals surface area contributed by atoms with Gasteiger partial charge >= 0.3 is 0 Å². The molecule has 0 aromatic rings. The lowest BCUT2D eigenvalue weighted by atomic mass is 10.2. The largest absolute Gasteiger partial charge is 0.349 e. The molecule has 0 heterocycles. The summed E-state index contributed by atoms with van der Waals surface area (Å²) in [6, 6.07) is 0.287. The molecular weight excluding hydrogens is 140 g/mol. The lowest BCUT2D eigenvalue weighted by Gasteiger charge is -2.15. The molecule has 3 nitrogen and oxygen atoms in total. The van der Waals surface area contributed by atoms with Gasteiger partial charge in [0, 0.05) is 26.6 Å². The van der Waals surface area contributed by atoms with Crippen molar-refractivity contribution in [2.75, 3.05) is 20.6 Å². The molecule has 1 amide bonds. The predicted octanol–water partition coefficient (Wildman–Crippen LogP) is 0.463. The van der Waals surface area contributed by atoms with Gasteiger partial charge in [0.15, 0.2) is 0 Å². The lowest BCUT2D eigenvalue weighted by molar-refractivity contribution is -0.129. The highest BCUT2D eigenvalue weighted by Gasteiger charge is 2.08. The molecule has 0 aromatic carbocycles. The van der Waals surface area contributed by atoms with Gasteiger partial charge in [-0.25, -0.2) is 0 Å². The Morgan fingerprint density at radius 1 is 1.55 bits per heavy atom. The highest BCUT2D eigenvalue weighted by molar-refractivity contribution is 5.76. The van der Waals surface area contributed by atoms with E-state index in [1.807, 2.05) is 13.8 Å². The van der Waals surface area contributed by atoms with Gasteiger partial charge in [0.2, 0.25) is 5.91 Å². The average Bonchev–Trinajstić information content (AvgIpc) is 1.87. The molecule has 3 heteroatoms. The lowest BCUT2D eigenvalue weighted by Crippen LogP contribution is -2.33. The Morgan fingerprint density at radius 3 is 2.45 bits per heavy atom. The predicted molar refractivity (Wildman–Crippen MR) is 46.4 cm³/mol. The second-order valence-electron chi connectivity index (χ2n) is 2.95. The maximum atomic E-state index is 11.1. The van der Waals surface area contributed by atoms with Crippen LogP contribution in [0.5, 0.6) is 0 Å². The summed E-state index contributed by atoms with van der Waals surface area (Å²) in [5.41, 5.74) is 0. The van der Waals surface area contributed by atoms with Crippen molar-refractivity contribution in [1.29, 1.82) is 0 Å². The van der Waals surface area contributed by atoms with E-state index in [0.717, 1.165) is 6.54 Å². The molecule has 0 aliphatic rings. The molecule has 1 N–H and O–H groups in total. The Bertz CT molecular complexity index is 123. The van der Waals surface area contributed by atoms with Crippen molar-refractivity contribution in [1.82, 2.24) is 10.2 Å². The number of nitrogens with zero attached hydrogens (tertiary/aromatic N) is 1. The molecule has 1 atom stereocenters. The van der Waals surface area contributed by atoms with Crippen molar-refractivity contribution in [3.05, 3.63) is 0 Å². The highest BCUT2D eigenvalue weighted by atomic mass is 16.2. The number of carbonyl (C=O) groups excluding carboxylic acids is 1. The average molecular weight is 158 g/mol. The van der Waals surface area contributed by atoms with Gasteiger partial charge in [0.1, 0.15) is 0 Å². The minimum absolute atomic E-state index is 0.179. The van der Waals surface area contributed by atoms with Gasteiger partial charge in [0.25, 0.3) is 0 Å². The molecule has 0 radical (unpaired) electrons. The third-order valence-electron chi connectivity index (χ3n) is 1.53. The van der Waals surface area contributed by atoms with Crippen molar-refractivity contribution in [2.24, 2.45) is 0 Å². The van der Waals surface area contributed by atoms with Crippen LogP contribution in [0.15, 0.2) is 0 Å². The van der Waals surface area contributed by atoms with Crippen molar-refractivity contribution < 1.29 is 4.79 Å². The van der Waals surface area contributed by atoms with Gasteiger partial charge in [-0.2, -0.15) is 0 Å². The zero-order valence-electron chi connectivity index (χ0n) is 7.85. The SMILES string of the molecule is CCNC(C)CC(=O)N(C)C. The maximum Gasteiger partial charge on any atom is 0.223 e. The van der Waals surface area contributed by atoms with Crippen LogP contribution in [-0.2, 0) is 4.79 Å². The summed E-state index contributed by atoms with van der Waals surface area (Å²) in [5, 5.41) is 3.18. The summed E-state index contributed by atoms with van der Waals surface area (Å²) >= 11 is 0. The molecule has 0 saturated heterocycles. The minimum Gasteiger partial charge on any atom is -0.349 e. The first-order valence-corrected chi connectivity index (χ1v) is 4.01. The molecule has 11 heavy (non-hydrogen) atoms. The van der Waals surface area contributed by atoms with Gasteiger partial charge in [-0.1, -0.05) is 6.92 Å². The fourth-order valence-corrected chi connectivity index (χ4v) is 0.865. The summed E-state index contributed by atoms with van der Waals surface area (Å²) in [4.78, 5) is 12.7. The molecule has 0 rings (SSSR count). The smallest absolute Gasteiger partial charge is 0.223 e. The molecule has 0 aromatic heterocycles. The third-order valence-corrected chi connectivity index (χ3v) is 1.53. The van der Waals surface area contributed by atoms with E-state index < -0.39 is 0 Å². The summed E-state index contributed by atoms with van der Waals surface area (Å²) < 4.78 is 0. The van der Waals surface area contributed by atoms with Crippen LogP contribution in [-0.4, -0.2) is 37.5 Å². The van der Waals surface area contributed by atoms with Crippen molar-refractivity contribution in [3.8, 4) is 0 Å². The summed E-state index contributed by atoms with van der Waals surface area (Å²) in [5.74, 6) is 0.179. The molecule has 0 fully saturated rings. The summed E-state index contributed by atoms with van der Waals surface area (Å²) in [7, 11) is 3.56. The molecule has 0 bridgehead atoms. The summed E-state index contributed by atoms with van der Waals surface area (Å²) in [6.07, 6.45) is 0.584. The number of hydrogen-bond donors (Lipinski definition) is 1. The standard InChI is InChI=1S/C8H18N2O/c1-5-9-7(2)6-8(11)10(3)4/h7,9H,5-6H2,1-4H3. The fourth-order valence-electron chi connectivity index (χ4n) is 0.865. The van der Waals surface area contributed by atoms with Crippen LogP contribution < -0.4 is 5.32 Å². The fraction of sp³-hybridized carbons (Fsp3) is 0.875. The molecule has 0 saturated carbocycles. The van der Waals surface area contributed by atoms with E-state index in [0.29, 0.717) is 6.42 Å². The van der Waals surface area contributed by atoms with Crippen molar-refractivity contribution in [2.45, 2.75) is 26.3 Å². The van der Waals surface area contributed by atoms with E-state index in [2.05, 4.69) is 5.32 Å². The first-order chi connectivity index (χ1) is 5.07. The van der Waals surface area contributed by atoms with Gasteiger partial charge in [-0.15, -0.1) is 0 Å². The van der Waals surface area contributed by atoms with E-state index in [1.54, 1.807) is 19.0 Å². The molecule has 0 aliphatic heterocycles. The van der Waals surface area contributed by atoms with Crippen LogP contribution in [0.4, 0.5) is 0 Å². The first kappa shape index (κ1) is 10.4. The Kier molecular flexibility index (Phi) is 4.86. The third kappa shape index (κ3) is 4.79. The van der Waals surface area contributed by atoms with Crippen LogP contribution in [0.1, 0.15) is 20.3 Å². The Hall–Kier alpha value is -0.570. The quantitative estimate of drug-likeness (QED) is 0.644. The van der Waals surface area contributed by atoms with Crippen LogP contribution in [0.2, 0.25) is 0 Å². The van der Waals surface area contributed by atoms with E-state index >= 15 is 0 Å². The van der Waals surface area contributed by atoms with Gasteiger partial charge in [0.05, 0.1) is 0 Å². The number of rotatable bonds is 4. The molecule has 1 unspecified atom stereocenters. The van der Waals surface area contributed by atoms with E-state index in [4.69, 9.17) is 0 Å². The van der Waals surface area contributed by atoms with Crippen LogP contribution in [0.25, 0.3) is 0 Å². The van der Waals surface area contributed by atoms with Crippen molar-refractivity contribution in [3.63, 3.8) is 0 Å². The van der Waals surface area contributed by atoms with Crippen molar-refractivity contribution >= 4 is 5.91 Å². The molecular formula is C8H18N2O. The second kappa shape index (κ2) is 5.13. The molecule has 0 aliphatic carbocycles. The van der Waals surface area contributed by atoms with Crippen LogP contribution in [0.3, 0.4) is 0 Å². The first-order valence-electron chi connectivity index (χ1n) is 4.01. The van der Waals surface area contributed by atoms with E-state index in [9.17, 15) is 4.79 Å². The maximum absolute atomic E-state index is 11.1. The zero-order chi connectivity index (χ0) is 8.85. The van der Waals surface area contributed by atoms with Gasteiger partial charge in [-0.3, -0.25) is 4.79 Å². The molecule has 66 valence electrons. The van der Waals surface area contributed by atoms with Gasteiger partial charge in [-0.05, 0) is 13.5 Å². The summed E-state index contributed by atoms with van der Waals surface area (Å²) in [6.45, 7) is 4.98. The monoisotopic (exact) mass is 158 g/mol. The Morgan fingerprint density at radius 2 is 2.09 bits per heavy atom. The van der Waals surface area contributed by atoms with E-state index in [-0.39, 0.29) is 11.9 Å². The number of carbonyl (C=O) groups is 1. The van der Waals surface area contributed by atoms with Crippen LogP contribution in [0, 0.1) is 0 Å². The minimum atomic E-state index is 0.179. The Balaban J connectivity index is 3.57. The second-order valence-corrected chi connectivity index (χ2v) is 2.95. The van der Waals surface area contributed by atoms with E-state index in [1.165, 1.54) is 0 Å².